The molecule has 2 N–H and O–H groups in total. The van der Waals surface area contributed by atoms with Crippen molar-refractivity contribution in [1.29, 1.82) is 0 Å². The zero-order valence-corrected chi connectivity index (χ0v) is 21.1. The second kappa shape index (κ2) is 12.7. The van der Waals surface area contributed by atoms with Crippen molar-refractivity contribution in [3.05, 3.63) is 71.3 Å². The Morgan fingerprint density at radius 3 is 2.33 bits per heavy atom. The number of hydrogen-bond donors (Lipinski definition) is 2. The van der Waals surface area contributed by atoms with Crippen LogP contribution in [0.2, 0.25) is 0 Å². The van der Waals surface area contributed by atoms with Crippen LogP contribution in [0.15, 0.2) is 54.6 Å². The highest BCUT2D eigenvalue weighted by Crippen LogP contribution is 2.22. The summed E-state index contributed by atoms with van der Waals surface area (Å²) < 4.78 is 5.62. The summed E-state index contributed by atoms with van der Waals surface area (Å²) in [7, 11) is 0. The SMILES string of the molecule is Cc1ccccc1C(=O)N[C@@H]1CCCC[C@H]1NC(=O)C1CCCN(C(=O)COCc2ccccc2)C1. The van der Waals surface area contributed by atoms with Crippen LogP contribution in [0.3, 0.4) is 0 Å². The van der Waals surface area contributed by atoms with E-state index in [0.29, 0.717) is 25.3 Å². The van der Waals surface area contributed by atoms with Gasteiger partial charge in [0, 0.05) is 30.7 Å². The van der Waals surface area contributed by atoms with Gasteiger partial charge in [0.1, 0.15) is 6.61 Å². The molecular weight excluding hydrogens is 454 g/mol. The number of nitrogens with one attached hydrogen (secondary N) is 2. The van der Waals surface area contributed by atoms with Crippen molar-refractivity contribution >= 4 is 17.7 Å². The molecule has 0 radical (unpaired) electrons. The number of rotatable bonds is 8. The van der Waals surface area contributed by atoms with Crippen molar-refractivity contribution in [2.45, 2.75) is 64.1 Å². The molecule has 2 aliphatic rings. The number of carbonyl (C=O) groups is 3. The van der Waals surface area contributed by atoms with Crippen LogP contribution in [0, 0.1) is 12.8 Å². The lowest BCUT2D eigenvalue weighted by Gasteiger charge is -2.36. The Morgan fingerprint density at radius 1 is 0.889 bits per heavy atom. The van der Waals surface area contributed by atoms with Gasteiger partial charge in [0.25, 0.3) is 5.91 Å². The van der Waals surface area contributed by atoms with E-state index >= 15 is 0 Å². The fourth-order valence-corrected chi connectivity index (χ4v) is 5.19. The number of aryl methyl sites for hydroxylation is 1. The van der Waals surface area contributed by atoms with Gasteiger partial charge in [0.05, 0.1) is 12.5 Å². The van der Waals surface area contributed by atoms with Gasteiger partial charge in [0.15, 0.2) is 0 Å². The van der Waals surface area contributed by atoms with Crippen molar-refractivity contribution in [3.63, 3.8) is 0 Å². The maximum atomic E-state index is 13.2. The normalized spacial score (nSPS) is 22.0. The minimum absolute atomic E-state index is 0.0128. The Kier molecular flexibility index (Phi) is 9.11. The highest BCUT2D eigenvalue weighted by Gasteiger charge is 2.33. The molecule has 1 aliphatic heterocycles. The molecule has 3 atom stereocenters. The molecule has 2 aromatic rings. The number of hydrogen-bond acceptors (Lipinski definition) is 4. The van der Waals surface area contributed by atoms with Crippen LogP contribution >= 0.6 is 0 Å². The monoisotopic (exact) mass is 491 g/mol. The molecule has 1 aliphatic carbocycles. The van der Waals surface area contributed by atoms with Crippen molar-refractivity contribution in [2.75, 3.05) is 19.7 Å². The molecule has 1 heterocycles. The molecule has 36 heavy (non-hydrogen) atoms. The third-order valence-electron chi connectivity index (χ3n) is 7.28. The van der Waals surface area contributed by atoms with Crippen LogP contribution in [-0.2, 0) is 20.9 Å². The van der Waals surface area contributed by atoms with Gasteiger partial charge in [-0.25, -0.2) is 0 Å². The Hall–Kier alpha value is -3.19. The predicted octanol–water partition coefficient (Wildman–Crippen LogP) is 3.61. The number of ether oxygens (including phenoxy) is 1. The quantitative estimate of drug-likeness (QED) is 0.591. The van der Waals surface area contributed by atoms with Gasteiger partial charge >= 0.3 is 0 Å². The molecule has 0 aromatic heterocycles. The van der Waals surface area contributed by atoms with Gasteiger partial charge in [-0.15, -0.1) is 0 Å². The molecule has 1 saturated heterocycles. The Morgan fingerprint density at radius 2 is 1.58 bits per heavy atom. The molecule has 7 nitrogen and oxygen atoms in total. The molecule has 192 valence electrons. The van der Waals surface area contributed by atoms with Crippen molar-refractivity contribution in [2.24, 2.45) is 5.92 Å². The molecule has 7 heteroatoms. The third kappa shape index (κ3) is 6.94. The Bertz CT molecular complexity index is 1040. The smallest absolute Gasteiger partial charge is 0.251 e. The number of amides is 3. The van der Waals surface area contributed by atoms with Crippen LogP contribution in [0.1, 0.15) is 60.0 Å². The summed E-state index contributed by atoms with van der Waals surface area (Å²) in [6.07, 6.45) is 5.29. The van der Waals surface area contributed by atoms with Gasteiger partial charge < -0.3 is 20.3 Å². The van der Waals surface area contributed by atoms with Crippen molar-refractivity contribution in [3.8, 4) is 0 Å². The maximum Gasteiger partial charge on any atom is 0.251 e. The van der Waals surface area contributed by atoms with Crippen LogP contribution in [0.5, 0.6) is 0 Å². The minimum atomic E-state index is -0.244. The fraction of sp³-hybridized carbons (Fsp3) is 0.483. The summed E-state index contributed by atoms with van der Waals surface area (Å²) in [5, 5.41) is 6.37. The topological polar surface area (TPSA) is 87.7 Å². The second-order valence-electron chi connectivity index (χ2n) is 9.95. The maximum absolute atomic E-state index is 13.2. The summed E-state index contributed by atoms with van der Waals surface area (Å²) in [5.41, 5.74) is 2.63. The van der Waals surface area contributed by atoms with E-state index in [0.717, 1.165) is 49.7 Å². The van der Waals surface area contributed by atoms with E-state index < -0.39 is 0 Å². The lowest BCUT2D eigenvalue weighted by atomic mass is 9.88. The van der Waals surface area contributed by atoms with Crippen LogP contribution < -0.4 is 10.6 Å². The largest absolute Gasteiger partial charge is 0.367 e. The molecule has 2 aromatic carbocycles. The van der Waals surface area contributed by atoms with Gasteiger partial charge in [-0.1, -0.05) is 61.4 Å². The van der Waals surface area contributed by atoms with E-state index in [9.17, 15) is 14.4 Å². The highest BCUT2D eigenvalue weighted by molar-refractivity contribution is 5.95. The standard InChI is InChI=1S/C29H37N3O4/c1-21-10-5-6-14-24(21)29(35)31-26-16-8-7-15-25(26)30-28(34)23-13-9-17-32(18-23)27(33)20-36-19-22-11-3-2-4-12-22/h2-6,10-12,14,23,25-26H,7-9,13,15-20H2,1H3,(H,30,34)(H,31,35)/t23?,25-,26-/m1/s1. The Balaban J connectivity index is 1.28. The summed E-state index contributed by atoms with van der Waals surface area (Å²) in [4.78, 5) is 40.5. The van der Waals surface area contributed by atoms with Crippen molar-refractivity contribution < 1.29 is 19.1 Å². The number of piperidine rings is 1. The predicted molar refractivity (Wildman–Crippen MR) is 138 cm³/mol. The van der Waals surface area contributed by atoms with E-state index in [1.54, 1.807) is 4.90 Å². The molecule has 0 spiro atoms. The van der Waals surface area contributed by atoms with Gasteiger partial charge in [-0.3, -0.25) is 14.4 Å². The van der Waals surface area contributed by atoms with Gasteiger partial charge in [0.2, 0.25) is 11.8 Å². The first-order chi connectivity index (χ1) is 17.5. The fourth-order valence-electron chi connectivity index (χ4n) is 5.19. The molecule has 0 bridgehead atoms. The number of benzene rings is 2. The third-order valence-corrected chi connectivity index (χ3v) is 7.28. The second-order valence-corrected chi connectivity index (χ2v) is 9.95. The van der Waals surface area contributed by atoms with E-state index in [1.807, 2.05) is 61.5 Å². The zero-order chi connectivity index (χ0) is 25.3. The average molecular weight is 492 g/mol. The van der Waals surface area contributed by atoms with E-state index in [-0.39, 0.29) is 42.3 Å². The molecular formula is C29H37N3O4. The average Bonchev–Trinajstić information content (AvgIpc) is 2.90. The first kappa shape index (κ1) is 25.9. The lowest BCUT2D eigenvalue weighted by Crippen LogP contribution is -2.55. The van der Waals surface area contributed by atoms with Gasteiger partial charge in [-0.2, -0.15) is 0 Å². The van der Waals surface area contributed by atoms with E-state index in [4.69, 9.17) is 4.74 Å². The molecule has 1 unspecified atom stereocenters. The van der Waals surface area contributed by atoms with E-state index in [1.165, 1.54) is 0 Å². The first-order valence-electron chi connectivity index (χ1n) is 13.1. The first-order valence-corrected chi connectivity index (χ1v) is 13.1. The van der Waals surface area contributed by atoms with Crippen molar-refractivity contribution in [1.82, 2.24) is 15.5 Å². The van der Waals surface area contributed by atoms with Crippen LogP contribution in [0.4, 0.5) is 0 Å². The van der Waals surface area contributed by atoms with Crippen LogP contribution in [0.25, 0.3) is 0 Å². The van der Waals surface area contributed by atoms with Gasteiger partial charge in [-0.05, 0) is 49.8 Å². The zero-order valence-electron chi connectivity index (χ0n) is 21.1. The molecule has 1 saturated carbocycles. The summed E-state index contributed by atoms with van der Waals surface area (Å²) >= 11 is 0. The number of carbonyl (C=O) groups excluding carboxylic acids is 3. The van der Waals surface area contributed by atoms with E-state index in [2.05, 4.69) is 10.6 Å². The number of nitrogens with zero attached hydrogens (tertiary/aromatic N) is 1. The Labute approximate surface area is 213 Å². The molecule has 2 fully saturated rings. The highest BCUT2D eigenvalue weighted by atomic mass is 16.5. The molecule has 3 amide bonds. The summed E-state index contributed by atoms with van der Waals surface area (Å²) in [6.45, 7) is 3.39. The van der Waals surface area contributed by atoms with Crippen LogP contribution in [-0.4, -0.2) is 54.4 Å². The lowest BCUT2D eigenvalue weighted by molar-refractivity contribution is -0.140. The summed E-state index contributed by atoms with van der Waals surface area (Å²) in [5.74, 6) is -0.445. The summed E-state index contributed by atoms with van der Waals surface area (Å²) in [6, 6.07) is 17.1. The number of likely N-dealkylation sites (tertiary alicyclic amines) is 1. The molecule has 4 rings (SSSR count). The minimum Gasteiger partial charge on any atom is -0.367 e.